The second-order valence-corrected chi connectivity index (χ2v) is 8.06. The van der Waals surface area contributed by atoms with Gasteiger partial charge in [0, 0.05) is 17.6 Å². The Morgan fingerprint density at radius 3 is 2.79 bits per heavy atom. The molecular weight excluding hydrogens is 324 g/mol. The van der Waals surface area contributed by atoms with E-state index in [1.165, 1.54) is 0 Å². The Bertz CT molecular complexity index is 977. The van der Waals surface area contributed by atoms with Crippen molar-refractivity contribution in [2.24, 2.45) is 0 Å². The molecule has 1 aliphatic carbocycles. The molecule has 0 saturated heterocycles. The highest BCUT2D eigenvalue weighted by Gasteiger charge is 2.39. The maximum Gasteiger partial charge on any atom is 0.245 e. The van der Waals surface area contributed by atoms with Crippen molar-refractivity contribution in [1.29, 1.82) is 0 Å². The average Bonchev–Trinajstić information content (AvgIpc) is 3.27. The van der Waals surface area contributed by atoms with E-state index in [1.54, 1.807) is 41.0 Å². The summed E-state index contributed by atoms with van der Waals surface area (Å²) in [5, 5.41) is 0.838. The lowest BCUT2D eigenvalue weighted by atomic mass is 10.2. The first-order valence-electron chi connectivity index (χ1n) is 7.95. The molecule has 2 aromatic heterocycles. The number of sulfonamides is 1. The lowest BCUT2D eigenvalue weighted by Gasteiger charge is -2.21. The maximum absolute atomic E-state index is 13.3. The van der Waals surface area contributed by atoms with Crippen molar-refractivity contribution in [3.8, 4) is 0 Å². The number of pyridine rings is 1. The zero-order chi connectivity index (χ0) is 16.7. The Morgan fingerprint density at radius 2 is 2.08 bits per heavy atom. The monoisotopic (exact) mass is 342 g/mol. The van der Waals surface area contributed by atoms with E-state index in [1.807, 2.05) is 19.1 Å². The summed E-state index contributed by atoms with van der Waals surface area (Å²) in [4.78, 5) is 4.64. The standard InChI is InChI=1S/C18H18N2O3S/c1-13-10-14-4-2-6-17(18(14)19-11-13)24(21,22)20(15-7-8-15)12-16-5-3-9-23-16/h2-6,9-11,15H,7-8,12H2,1H3. The minimum Gasteiger partial charge on any atom is -0.468 e. The van der Waals surface area contributed by atoms with Gasteiger partial charge in [-0.3, -0.25) is 4.98 Å². The third kappa shape index (κ3) is 2.72. The summed E-state index contributed by atoms with van der Waals surface area (Å²) in [7, 11) is -3.64. The van der Waals surface area contributed by atoms with Crippen LogP contribution in [-0.4, -0.2) is 23.7 Å². The molecule has 0 N–H and O–H groups in total. The molecule has 3 aromatic rings. The summed E-state index contributed by atoms with van der Waals surface area (Å²) >= 11 is 0. The maximum atomic E-state index is 13.3. The largest absolute Gasteiger partial charge is 0.468 e. The predicted molar refractivity (Wildman–Crippen MR) is 90.9 cm³/mol. The normalized spacial score (nSPS) is 15.2. The van der Waals surface area contributed by atoms with Gasteiger partial charge in [-0.05, 0) is 49.6 Å². The molecule has 1 aliphatic rings. The van der Waals surface area contributed by atoms with Crippen molar-refractivity contribution in [3.63, 3.8) is 0 Å². The van der Waals surface area contributed by atoms with E-state index in [9.17, 15) is 8.42 Å². The van der Waals surface area contributed by atoms with Gasteiger partial charge in [0.15, 0.2) is 0 Å². The molecule has 124 valence electrons. The van der Waals surface area contributed by atoms with Gasteiger partial charge >= 0.3 is 0 Å². The SMILES string of the molecule is Cc1cnc2c(S(=O)(=O)N(Cc3ccco3)C3CC3)cccc2c1. The Labute approximate surface area is 141 Å². The van der Waals surface area contributed by atoms with Gasteiger partial charge in [-0.1, -0.05) is 12.1 Å². The summed E-state index contributed by atoms with van der Waals surface area (Å²) < 4.78 is 33.5. The smallest absolute Gasteiger partial charge is 0.245 e. The number of benzene rings is 1. The van der Waals surface area contributed by atoms with Gasteiger partial charge in [-0.15, -0.1) is 0 Å². The van der Waals surface area contributed by atoms with Gasteiger partial charge in [0.1, 0.15) is 10.7 Å². The van der Waals surface area contributed by atoms with Gasteiger partial charge < -0.3 is 4.42 Å². The fourth-order valence-electron chi connectivity index (χ4n) is 2.91. The van der Waals surface area contributed by atoms with Gasteiger partial charge in [0.2, 0.25) is 10.0 Å². The van der Waals surface area contributed by atoms with Crippen LogP contribution < -0.4 is 0 Å². The van der Waals surface area contributed by atoms with Crippen molar-refractivity contribution in [2.45, 2.75) is 37.2 Å². The molecule has 24 heavy (non-hydrogen) atoms. The fourth-order valence-corrected chi connectivity index (χ4v) is 4.72. The molecule has 1 saturated carbocycles. The van der Waals surface area contributed by atoms with Crippen molar-refractivity contribution >= 4 is 20.9 Å². The van der Waals surface area contributed by atoms with Crippen molar-refractivity contribution in [2.75, 3.05) is 0 Å². The number of rotatable bonds is 5. The van der Waals surface area contributed by atoms with Crippen LogP contribution in [0.1, 0.15) is 24.2 Å². The van der Waals surface area contributed by atoms with E-state index in [0.29, 0.717) is 11.3 Å². The number of nitrogens with zero attached hydrogens (tertiary/aromatic N) is 2. The van der Waals surface area contributed by atoms with Crippen molar-refractivity contribution in [1.82, 2.24) is 9.29 Å². The van der Waals surface area contributed by atoms with Gasteiger partial charge in [0.05, 0.1) is 18.3 Å². The van der Waals surface area contributed by atoms with E-state index in [2.05, 4.69) is 4.98 Å². The summed E-state index contributed by atoms with van der Waals surface area (Å²) in [5.41, 5.74) is 1.53. The molecule has 0 bridgehead atoms. The highest BCUT2D eigenvalue weighted by Crippen LogP contribution is 2.35. The Balaban J connectivity index is 1.81. The van der Waals surface area contributed by atoms with Crippen LogP contribution >= 0.6 is 0 Å². The quantitative estimate of drug-likeness (QED) is 0.712. The molecule has 0 spiro atoms. The molecule has 6 heteroatoms. The second-order valence-electron chi connectivity index (χ2n) is 6.20. The molecule has 0 unspecified atom stereocenters. The summed E-state index contributed by atoms with van der Waals surface area (Å²) in [6.45, 7) is 2.20. The lowest BCUT2D eigenvalue weighted by Crippen LogP contribution is -2.32. The highest BCUT2D eigenvalue weighted by molar-refractivity contribution is 7.89. The van der Waals surface area contributed by atoms with Crippen LogP contribution in [0.4, 0.5) is 0 Å². The number of fused-ring (bicyclic) bond motifs is 1. The molecule has 5 nitrogen and oxygen atoms in total. The Hall–Kier alpha value is -2.18. The molecule has 0 radical (unpaired) electrons. The summed E-state index contributed by atoms with van der Waals surface area (Å²) in [6.07, 6.45) is 5.04. The van der Waals surface area contributed by atoms with Gasteiger partial charge in [-0.2, -0.15) is 4.31 Å². The number of hydrogen-bond donors (Lipinski definition) is 0. The van der Waals surface area contributed by atoms with Crippen molar-refractivity contribution < 1.29 is 12.8 Å². The van der Waals surface area contributed by atoms with E-state index in [0.717, 1.165) is 23.8 Å². The number of hydrogen-bond acceptors (Lipinski definition) is 4. The van der Waals surface area contributed by atoms with Crippen LogP contribution in [0.5, 0.6) is 0 Å². The van der Waals surface area contributed by atoms with Crippen LogP contribution in [0.15, 0.2) is 58.2 Å². The average molecular weight is 342 g/mol. The lowest BCUT2D eigenvalue weighted by molar-refractivity contribution is 0.357. The van der Waals surface area contributed by atoms with Crippen LogP contribution in [0.3, 0.4) is 0 Å². The molecule has 0 amide bonds. The predicted octanol–water partition coefficient (Wildman–Crippen LogP) is 3.49. The molecular formula is C18H18N2O3S. The molecule has 1 aromatic carbocycles. The van der Waals surface area contributed by atoms with Gasteiger partial charge in [0.25, 0.3) is 0 Å². The zero-order valence-electron chi connectivity index (χ0n) is 13.3. The summed E-state index contributed by atoms with van der Waals surface area (Å²) in [6, 6.07) is 10.9. The number of aryl methyl sites for hydroxylation is 1. The zero-order valence-corrected chi connectivity index (χ0v) is 14.2. The third-order valence-electron chi connectivity index (χ3n) is 4.24. The van der Waals surface area contributed by atoms with E-state index < -0.39 is 10.0 Å². The highest BCUT2D eigenvalue weighted by atomic mass is 32.2. The number of furan rings is 1. The topological polar surface area (TPSA) is 63.4 Å². The van der Waals surface area contributed by atoms with Crippen LogP contribution in [-0.2, 0) is 16.6 Å². The first kappa shape index (κ1) is 15.4. The molecule has 1 fully saturated rings. The van der Waals surface area contributed by atoms with Crippen molar-refractivity contribution in [3.05, 3.63) is 60.2 Å². The molecule has 2 heterocycles. The van der Waals surface area contributed by atoms with E-state index >= 15 is 0 Å². The van der Waals surface area contributed by atoms with E-state index in [-0.39, 0.29) is 17.5 Å². The van der Waals surface area contributed by atoms with Gasteiger partial charge in [-0.25, -0.2) is 8.42 Å². The number of aromatic nitrogens is 1. The molecule has 4 rings (SSSR count). The minimum absolute atomic E-state index is 0.0424. The Kier molecular flexibility index (Phi) is 3.66. The Morgan fingerprint density at radius 1 is 1.25 bits per heavy atom. The first-order chi connectivity index (χ1) is 11.6. The summed E-state index contributed by atoms with van der Waals surface area (Å²) in [5.74, 6) is 0.648. The third-order valence-corrected chi connectivity index (χ3v) is 6.17. The number of para-hydroxylation sites is 1. The first-order valence-corrected chi connectivity index (χ1v) is 9.39. The van der Waals surface area contributed by atoms with Crippen LogP contribution in [0.25, 0.3) is 10.9 Å². The van der Waals surface area contributed by atoms with Crippen LogP contribution in [0, 0.1) is 6.92 Å². The second kappa shape index (κ2) is 5.72. The minimum atomic E-state index is -3.64. The fraction of sp³-hybridized carbons (Fsp3) is 0.278. The molecule has 0 atom stereocenters. The van der Waals surface area contributed by atoms with E-state index in [4.69, 9.17) is 4.42 Å². The molecule has 0 aliphatic heterocycles. The van der Waals surface area contributed by atoms with Crippen LogP contribution in [0.2, 0.25) is 0 Å².